The Balaban J connectivity index is 0.00000163. The number of carbonyl (C=O) groups is 3. The van der Waals surface area contributed by atoms with E-state index < -0.39 is 17.0 Å². The molecule has 0 unspecified atom stereocenters. The number of Topliss-reactive ketones (excluding diaryl/α,β-unsaturated/α-hetero) is 2. The van der Waals surface area contributed by atoms with Crippen LogP contribution in [0, 0.1) is 5.41 Å². The summed E-state index contributed by atoms with van der Waals surface area (Å²) in [6.45, 7) is 11.7. The molecule has 0 aliphatic rings. The minimum absolute atomic E-state index is 0.156. The second-order valence-electron chi connectivity index (χ2n) is 6.87. The molecule has 1 aromatic carbocycles. The van der Waals surface area contributed by atoms with Gasteiger partial charge in [0.25, 0.3) is 0 Å². The molecule has 0 amide bonds. The molecule has 0 atom stereocenters. The Bertz CT molecular complexity index is 556. The standard InChI is InChI=1S/C17H22O4.C3H8/c1-12(18)17(4,5)21-15(20)16(2,3)14(19)11-13-9-7-6-8-10-13;1-3-2/h6-10H,11H2,1-5H3;3H2,1-2H3. The summed E-state index contributed by atoms with van der Waals surface area (Å²) in [6, 6.07) is 9.21. The average Bonchev–Trinajstić information content (AvgIpc) is 2.48. The number of benzene rings is 1. The van der Waals surface area contributed by atoms with Gasteiger partial charge in [0.05, 0.1) is 0 Å². The van der Waals surface area contributed by atoms with E-state index in [0.29, 0.717) is 0 Å². The normalized spacial score (nSPS) is 11.1. The predicted octanol–water partition coefficient (Wildman–Crippen LogP) is 4.15. The topological polar surface area (TPSA) is 60.4 Å². The second-order valence-corrected chi connectivity index (χ2v) is 6.87. The Morgan fingerprint density at radius 2 is 1.42 bits per heavy atom. The van der Waals surface area contributed by atoms with Crippen molar-refractivity contribution < 1.29 is 19.1 Å². The number of ketones is 2. The van der Waals surface area contributed by atoms with Gasteiger partial charge in [0.2, 0.25) is 0 Å². The lowest BCUT2D eigenvalue weighted by Gasteiger charge is -2.28. The number of ether oxygens (including phenoxy) is 1. The summed E-state index contributed by atoms with van der Waals surface area (Å²) < 4.78 is 5.21. The number of hydrogen-bond donors (Lipinski definition) is 0. The fourth-order valence-electron chi connectivity index (χ4n) is 1.55. The molecule has 1 aromatic rings. The molecule has 4 heteroatoms. The molecule has 134 valence electrons. The molecular formula is C20H30O4. The highest BCUT2D eigenvalue weighted by molar-refractivity contribution is 6.04. The first kappa shape index (κ1) is 22.0. The Morgan fingerprint density at radius 1 is 0.958 bits per heavy atom. The number of hydrogen-bond acceptors (Lipinski definition) is 4. The molecule has 0 spiro atoms. The third-order valence-electron chi connectivity index (χ3n) is 3.61. The van der Waals surface area contributed by atoms with Gasteiger partial charge >= 0.3 is 5.97 Å². The van der Waals surface area contributed by atoms with E-state index in [-0.39, 0.29) is 18.0 Å². The largest absolute Gasteiger partial charge is 0.451 e. The van der Waals surface area contributed by atoms with Gasteiger partial charge in [0, 0.05) is 6.42 Å². The van der Waals surface area contributed by atoms with Gasteiger partial charge in [-0.2, -0.15) is 0 Å². The van der Waals surface area contributed by atoms with Crippen molar-refractivity contribution in [1.29, 1.82) is 0 Å². The van der Waals surface area contributed by atoms with Crippen molar-refractivity contribution in [3.63, 3.8) is 0 Å². The third-order valence-corrected chi connectivity index (χ3v) is 3.61. The first-order valence-electron chi connectivity index (χ1n) is 8.30. The number of carbonyl (C=O) groups excluding carboxylic acids is 3. The monoisotopic (exact) mass is 334 g/mol. The summed E-state index contributed by atoms with van der Waals surface area (Å²) in [5, 5.41) is 0. The Morgan fingerprint density at radius 3 is 1.83 bits per heavy atom. The van der Waals surface area contributed by atoms with Gasteiger partial charge < -0.3 is 4.74 Å². The molecule has 0 saturated heterocycles. The van der Waals surface area contributed by atoms with Crippen LogP contribution in [0.5, 0.6) is 0 Å². The van der Waals surface area contributed by atoms with Crippen molar-refractivity contribution >= 4 is 17.5 Å². The summed E-state index contributed by atoms with van der Waals surface area (Å²) in [5.74, 6) is -1.18. The highest BCUT2D eigenvalue weighted by Gasteiger charge is 2.41. The van der Waals surface area contributed by atoms with E-state index in [1.54, 1.807) is 0 Å². The number of rotatable bonds is 6. The van der Waals surface area contributed by atoms with Gasteiger partial charge in [-0.15, -0.1) is 0 Å². The fourth-order valence-corrected chi connectivity index (χ4v) is 1.55. The van der Waals surface area contributed by atoms with Gasteiger partial charge in [-0.25, -0.2) is 0 Å². The third kappa shape index (κ3) is 6.65. The van der Waals surface area contributed by atoms with E-state index in [4.69, 9.17) is 4.74 Å². The minimum atomic E-state index is -1.29. The van der Waals surface area contributed by atoms with Crippen LogP contribution in [0.3, 0.4) is 0 Å². The zero-order chi connectivity index (χ0) is 19.0. The molecule has 24 heavy (non-hydrogen) atoms. The molecule has 0 radical (unpaired) electrons. The Kier molecular flexibility index (Phi) is 8.59. The van der Waals surface area contributed by atoms with Crippen LogP contribution in [0.25, 0.3) is 0 Å². The van der Waals surface area contributed by atoms with Crippen molar-refractivity contribution in [2.24, 2.45) is 5.41 Å². The summed E-state index contributed by atoms with van der Waals surface area (Å²) in [7, 11) is 0. The lowest BCUT2D eigenvalue weighted by Crippen LogP contribution is -2.43. The lowest BCUT2D eigenvalue weighted by molar-refractivity contribution is -0.173. The Hall–Kier alpha value is -1.97. The van der Waals surface area contributed by atoms with Crippen LogP contribution in [0.15, 0.2) is 30.3 Å². The van der Waals surface area contributed by atoms with Crippen molar-refractivity contribution in [2.45, 2.75) is 66.9 Å². The van der Waals surface area contributed by atoms with Gasteiger partial charge in [0.1, 0.15) is 5.41 Å². The fraction of sp³-hybridized carbons (Fsp3) is 0.550. The molecule has 0 aliphatic heterocycles. The van der Waals surface area contributed by atoms with Crippen LogP contribution in [-0.4, -0.2) is 23.1 Å². The summed E-state index contributed by atoms with van der Waals surface area (Å²) in [4.78, 5) is 36.0. The van der Waals surface area contributed by atoms with E-state index in [2.05, 4.69) is 13.8 Å². The highest BCUT2D eigenvalue weighted by Crippen LogP contribution is 2.25. The lowest BCUT2D eigenvalue weighted by atomic mass is 9.84. The average molecular weight is 334 g/mol. The van der Waals surface area contributed by atoms with Gasteiger partial charge in [-0.1, -0.05) is 50.6 Å². The first-order valence-corrected chi connectivity index (χ1v) is 8.30. The quantitative estimate of drug-likeness (QED) is 0.579. The van der Waals surface area contributed by atoms with E-state index in [0.717, 1.165) is 5.56 Å². The van der Waals surface area contributed by atoms with E-state index in [9.17, 15) is 14.4 Å². The smallest absolute Gasteiger partial charge is 0.320 e. The zero-order valence-corrected chi connectivity index (χ0v) is 15.9. The van der Waals surface area contributed by atoms with E-state index in [1.807, 2.05) is 30.3 Å². The predicted molar refractivity (Wildman–Crippen MR) is 95.8 cm³/mol. The van der Waals surface area contributed by atoms with Crippen molar-refractivity contribution in [3.05, 3.63) is 35.9 Å². The molecule has 0 bridgehead atoms. The van der Waals surface area contributed by atoms with Crippen molar-refractivity contribution in [2.75, 3.05) is 0 Å². The van der Waals surface area contributed by atoms with E-state index in [1.165, 1.54) is 41.0 Å². The summed E-state index contributed by atoms with van der Waals surface area (Å²) in [6.07, 6.45) is 1.41. The molecule has 0 aromatic heterocycles. The molecule has 0 saturated carbocycles. The van der Waals surface area contributed by atoms with Crippen LogP contribution in [0.2, 0.25) is 0 Å². The van der Waals surface area contributed by atoms with Crippen LogP contribution in [-0.2, 0) is 25.5 Å². The first-order chi connectivity index (χ1) is 11.0. The van der Waals surface area contributed by atoms with Crippen LogP contribution < -0.4 is 0 Å². The summed E-state index contributed by atoms with van der Waals surface area (Å²) >= 11 is 0. The van der Waals surface area contributed by atoms with Crippen molar-refractivity contribution in [3.8, 4) is 0 Å². The van der Waals surface area contributed by atoms with Gasteiger partial charge in [-0.05, 0) is 40.2 Å². The maximum Gasteiger partial charge on any atom is 0.320 e. The minimum Gasteiger partial charge on any atom is -0.451 e. The van der Waals surface area contributed by atoms with Crippen molar-refractivity contribution in [1.82, 2.24) is 0 Å². The molecule has 0 aliphatic carbocycles. The molecule has 0 N–H and O–H groups in total. The van der Waals surface area contributed by atoms with Gasteiger partial charge in [0.15, 0.2) is 17.2 Å². The SMILES string of the molecule is CC(=O)C(C)(C)OC(=O)C(C)(C)C(=O)Cc1ccccc1.CCC. The molecule has 1 rings (SSSR count). The summed E-state index contributed by atoms with van der Waals surface area (Å²) in [5.41, 5.74) is -1.67. The Labute approximate surface area is 145 Å². The molecular weight excluding hydrogens is 304 g/mol. The number of esters is 1. The zero-order valence-electron chi connectivity index (χ0n) is 15.9. The van der Waals surface area contributed by atoms with Crippen LogP contribution >= 0.6 is 0 Å². The van der Waals surface area contributed by atoms with E-state index >= 15 is 0 Å². The second kappa shape index (κ2) is 9.36. The van der Waals surface area contributed by atoms with Crippen LogP contribution in [0.4, 0.5) is 0 Å². The molecule has 0 fully saturated rings. The maximum absolute atomic E-state index is 12.3. The molecule has 4 nitrogen and oxygen atoms in total. The maximum atomic E-state index is 12.3. The molecule has 0 heterocycles. The van der Waals surface area contributed by atoms with Crippen LogP contribution in [0.1, 0.15) is 60.5 Å². The highest BCUT2D eigenvalue weighted by atomic mass is 16.6. The van der Waals surface area contributed by atoms with Gasteiger partial charge in [-0.3, -0.25) is 14.4 Å².